The molecule has 0 aromatic heterocycles. The van der Waals surface area contributed by atoms with E-state index < -0.39 is 14.9 Å². The number of hydrogen-bond acceptors (Lipinski definition) is 5. The van der Waals surface area contributed by atoms with Crippen molar-refractivity contribution in [2.24, 2.45) is 10.6 Å². The summed E-state index contributed by atoms with van der Waals surface area (Å²) >= 11 is 0. The highest BCUT2D eigenvalue weighted by atomic mass is 32.2. The van der Waals surface area contributed by atoms with E-state index in [9.17, 15) is 18.5 Å². The summed E-state index contributed by atoms with van der Waals surface area (Å²) < 4.78 is 23.5. The largest absolute Gasteiger partial charge is 0.370 e. The standard InChI is InChI=1S/C13H17N3O4S/c14-21(19,20)12-3-2-10(16(17)18)8-11(12)15-7-1-4-13(9-15)5-6-13/h2-3,8H,1,4-7,9H2,(H2,14,19,20). The van der Waals surface area contributed by atoms with Gasteiger partial charge in [0.1, 0.15) is 4.90 Å². The molecule has 21 heavy (non-hydrogen) atoms. The highest BCUT2D eigenvalue weighted by Crippen LogP contribution is 2.53. The topological polar surface area (TPSA) is 107 Å². The molecule has 8 heteroatoms. The molecule has 0 radical (unpaired) electrons. The van der Waals surface area contributed by atoms with Crippen LogP contribution in [0.5, 0.6) is 0 Å². The monoisotopic (exact) mass is 311 g/mol. The zero-order chi connectivity index (χ0) is 15.3. The zero-order valence-electron chi connectivity index (χ0n) is 11.5. The van der Waals surface area contributed by atoms with Gasteiger partial charge in [0, 0.05) is 25.2 Å². The Labute approximate surface area is 122 Å². The second-order valence-electron chi connectivity index (χ2n) is 5.98. The molecule has 7 nitrogen and oxygen atoms in total. The first kappa shape index (κ1) is 14.3. The fourth-order valence-electron chi connectivity index (χ4n) is 3.11. The highest BCUT2D eigenvalue weighted by Gasteiger charge is 2.46. The van der Waals surface area contributed by atoms with Crippen LogP contribution in [-0.4, -0.2) is 26.4 Å². The van der Waals surface area contributed by atoms with Crippen LogP contribution in [0, 0.1) is 15.5 Å². The van der Waals surface area contributed by atoms with Crippen molar-refractivity contribution in [3.8, 4) is 0 Å². The number of rotatable bonds is 3. The third-order valence-corrected chi connectivity index (χ3v) is 5.38. The Morgan fingerprint density at radius 1 is 1.29 bits per heavy atom. The zero-order valence-corrected chi connectivity index (χ0v) is 12.3. The number of primary sulfonamides is 1. The third kappa shape index (κ3) is 2.73. The van der Waals surface area contributed by atoms with E-state index in [4.69, 9.17) is 5.14 Å². The summed E-state index contributed by atoms with van der Waals surface area (Å²) in [7, 11) is -3.91. The molecule has 1 saturated carbocycles. The fraction of sp³-hybridized carbons (Fsp3) is 0.538. The Hall–Kier alpha value is -1.67. The van der Waals surface area contributed by atoms with Gasteiger partial charge in [-0.05, 0) is 37.2 Å². The normalized spacial score (nSPS) is 20.5. The fourth-order valence-corrected chi connectivity index (χ4v) is 3.84. The van der Waals surface area contributed by atoms with Gasteiger partial charge in [0.15, 0.2) is 0 Å². The van der Waals surface area contributed by atoms with Gasteiger partial charge < -0.3 is 4.90 Å². The third-order valence-electron chi connectivity index (χ3n) is 4.42. The van der Waals surface area contributed by atoms with Gasteiger partial charge in [0.25, 0.3) is 5.69 Å². The number of nitrogens with two attached hydrogens (primary N) is 1. The lowest BCUT2D eigenvalue weighted by Crippen LogP contribution is -2.37. The molecule has 0 amide bonds. The maximum atomic E-state index is 11.7. The Bertz CT molecular complexity index is 697. The van der Waals surface area contributed by atoms with Crippen molar-refractivity contribution in [2.45, 2.75) is 30.6 Å². The average Bonchev–Trinajstić information content (AvgIpc) is 3.16. The SMILES string of the molecule is NS(=O)(=O)c1ccc([N+](=O)[O-])cc1N1CCCC2(CC2)C1. The van der Waals surface area contributed by atoms with Gasteiger partial charge in [-0.25, -0.2) is 13.6 Å². The van der Waals surface area contributed by atoms with Crippen molar-refractivity contribution in [2.75, 3.05) is 18.0 Å². The van der Waals surface area contributed by atoms with Gasteiger partial charge in [-0.15, -0.1) is 0 Å². The molecule has 1 aliphatic heterocycles. The maximum Gasteiger partial charge on any atom is 0.271 e. The van der Waals surface area contributed by atoms with Crippen LogP contribution in [0.15, 0.2) is 23.1 Å². The number of sulfonamides is 1. The van der Waals surface area contributed by atoms with Gasteiger partial charge in [-0.1, -0.05) is 0 Å². The number of nitro groups is 1. The number of benzene rings is 1. The molecule has 1 aliphatic carbocycles. The van der Waals surface area contributed by atoms with Crippen molar-refractivity contribution in [3.05, 3.63) is 28.3 Å². The van der Waals surface area contributed by atoms with Gasteiger partial charge in [0.05, 0.1) is 10.6 Å². The minimum absolute atomic E-state index is 0.0363. The lowest BCUT2D eigenvalue weighted by molar-refractivity contribution is -0.384. The number of nitrogens with zero attached hydrogens (tertiary/aromatic N) is 2. The lowest BCUT2D eigenvalue weighted by Gasteiger charge is -2.35. The first-order valence-electron chi connectivity index (χ1n) is 6.87. The predicted octanol–water partition coefficient (Wildman–Crippen LogP) is 1.62. The molecule has 0 atom stereocenters. The number of anilines is 1. The van der Waals surface area contributed by atoms with Crippen LogP contribution in [0.4, 0.5) is 11.4 Å². The van der Waals surface area contributed by atoms with Crippen LogP contribution in [0.2, 0.25) is 0 Å². The number of nitro benzene ring substituents is 1. The Balaban J connectivity index is 2.05. The quantitative estimate of drug-likeness (QED) is 0.674. The summed E-state index contributed by atoms with van der Waals surface area (Å²) in [5.41, 5.74) is 0.517. The molecule has 3 rings (SSSR count). The van der Waals surface area contributed by atoms with Gasteiger partial charge in [-0.3, -0.25) is 10.1 Å². The summed E-state index contributed by atoms with van der Waals surface area (Å²) in [6.45, 7) is 1.45. The van der Waals surface area contributed by atoms with E-state index in [1.807, 2.05) is 4.90 Å². The van der Waals surface area contributed by atoms with E-state index in [1.165, 1.54) is 18.2 Å². The summed E-state index contributed by atoms with van der Waals surface area (Å²) in [5, 5.41) is 16.2. The summed E-state index contributed by atoms with van der Waals surface area (Å²) in [4.78, 5) is 12.3. The number of hydrogen-bond donors (Lipinski definition) is 1. The molecular formula is C13H17N3O4S. The number of non-ortho nitro benzene ring substituents is 1. The van der Waals surface area contributed by atoms with Crippen molar-refractivity contribution in [1.82, 2.24) is 0 Å². The molecule has 2 aliphatic rings. The molecule has 1 spiro atoms. The molecule has 0 unspecified atom stereocenters. The van der Waals surface area contributed by atoms with Crippen molar-refractivity contribution in [1.29, 1.82) is 0 Å². The molecule has 0 bridgehead atoms. The molecule has 1 heterocycles. The van der Waals surface area contributed by atoms with Crippen molar-refractivity contribution in [3.63, 3.8) is 0 Å². The lowest BCUT2D eigenvalue weighted by atomic mass is 9.94. The van der Waals surface area contributed by atoms with E-state index in [0.717, 1.165) is 32.2 Å². The maximum absolute atomic E-state index is 11.7. The molecule has 114 valence electrons. The van der Waals surface area contributed by atoms with Crippen molar-refractivity contribution >= 4 is 21.4 Å². The van der Waals surface area contributed by atoms with Gasteiger partial charge >= 0.3 is 0 Å². The predicted molar refractivity (Wildman–Crippen MR) is 77.6 cm³/mol. The summed E-state index contributed by atoms with van der Waals surface area (Å²) in [6.07, 6.45) is 4.39. The second-order valence-corrected chi connectivity index (χ2v) is 7.51. The minimum atomic E-state index is -3.91. The Kier molecular flexibility index (Phi) is 3.18. The first-order valence-corrected chi connectivity index (χ1v) is 8.42. The molecular weight excluding hydrogens is 294 g/mol. The van der Waals surface area contributed by atoms with E-state index in [2.05, 4.69) is 0 Å². The van der Waals surface area contributed by atoms with Gasteiger partial charge in [-0.2, -0.15) is 0 Å². The summed E-state index contributed by atoms with van der Waals surface area (Å²) in [6, 6.07) is 3.73. The first-order chi connectivity index (χ1) is 9.81. The van der Waals surface area contributed by atoms with Crippen LogP contribution in [-0.2, 0) is 10.0 Å². The van der Waals surface area contributed by atoms with Crippen LogP contribution >= 0.6 is 0 Å². The minimum Gasteiger partial charge on any atom is -0.370 e. The second kappa shape index (κ2) is 4.67. The van der Waals surface area contributed by atoms with Gasteiger partial charge in [0.2, 0.25) is 10.0 Å². The van der Waals surface area contributed by atoms with E-state index in [0.29, 0.717) is 12.2 Å². The highest BCUT2D eigenvalue weighted by molar-refractivity contribution is 7.89. The summed E-state index contributed by atoms with van der Waals surface area (Å²) in [5.74, 6) is 0. The molecule has 2 fully saturated rings. The average molecular weight is 311 g/mol. The van der Waals surface area contributed by atoms with Crippen LogP contribution in [0.3, 0.4) is 0 Å². The van der Waals surface area contributed by atoms with Crippen LogP contribution < -0.4 is 10.0 Å². The number of piperidine rings is 1. The smallest absolute Gasteiger partial charge is 0.271 e. The van der Waals surface area contributed by atoms with Crippen molar-refractivity contribution < 1.29 is 13.3 Å². The van der Waals surface area contributed by atoms with E-state index >= 15 is 0 Å². The van der Waals surface area contributed by atoms with Crippen LogP contribution in [0.25, 0.3) is 0 Å². The van der Waals surface area contributed by atoms with E-state index in [-0.39, 0.29) is 16.0 Å². The van der Waals surface area contributed by atoms with E-state index in [1.54, 1.807) is 0 Å². The molecule has 2 N–H and O–H groups in total. The molecule has 1 saturated heterocycles. The molecule has 1 aromatic rings. The Morgan fingerprint density at radius 2 is 2.00 bits per heavy atom. The Morgan fingerprint density at radius 3 is 2.57 bits per heavy atom. The molecule has 1 aromatic carbocycles. The van der Waals surface area contributed by atoms with Crippen LogP contribution in [0.1, 0.15) is 25.7 Å².